The van der Waals surface area contributed by atoms with Crippen LogP contribution in [0.2, 0.25) is 0 Å². The molecular formula is C15H14ClF4N3O. The third-order valence-corrected chi connectivity index (χ3v) is 4.33. The predicted molar refractivity (Wildman–Crippen MR) is 81.4 cm³/mol. The van der Waals surface area contributed by atoms with E-state index in [9.17, 15) is 17.6 Å². The summed E-state index contributed by atoms with van der Waals surface area (Å²) < 4.78 is 54.8. The summed E-state index contributed by atoms with van der Waals surface area (Å²) in [6.07, 6.45) is -3.53. The maximum Gasteiger partial charge on any atom is 0.573 e. The van der Waals surface area contributed by atoms with Crippen LogP contribution in [0, 0.1) is 5.82 Å². The molecule has 1 heterocycles. The van der Waals surface area contributed by atoms with E-state index < -0.39 is 17.9 Å². The average Bonchev–Trinajstić information content (AvgIpc) is 2.88. The Balaban J connectivity index is 1.88. The van der Waals surface area contributed by atoms with E-state index in [1.165, 1.54) is 6.07 Å². The van der Waals surface area contributed by atoms with Gasteiger partial charge in [0.1, 0.15) is 17.4 Å². The second-order valence-electron chi connectivity index (χ2n) is 5.52. The lowest BCUT2D eigenvalue weighted by Gasteiger charge is -2.27. The van der Waals surface area contributed by atoms with Crippen molar-refractivity contribution in [2.45, 2.75) is 31.2 Å². The van der Waals surface area contributed by atoms with Crippen LogP contribution in [-0.4, -0.2) is 24.7 Å². The summed E-state index contributed by atoms with van der Waals surface area (Å²) in [7, 11) is 1.72. The lowest BCUT2D eigenvalue weighted by atomic mass is 9.92. The largest absolute Gasteiger partial charge is 0.573 e. The first-order chi connectivity index (χ1) is 11.3. The predicted octanol–water partition coefficient (Wildman–Crippen LogP) is 3.60. The highest BCUT2D eigenvalue weighted by atomic mass is 35.5. The minimum absolute atomic E-state index is 0.192. The molecule has 0 radical (unpaired) electrons. The van der Waals surface area contributed by atoms with E-state index in [0.717, 1.165) is 17.7 Å². The van der Waals surface area contributed by atoms with Gasteiger partial charge in [-0.25, -0.2) is 9.38 Å². The Kier molecular flexibility index (Phi) is 4.33. The topological polar surface area (TPSA) is 45.6 Å². The SMILES string of the molecule is CNC1=C2CCC(c3ccc(OC(F)(F)F)cc3F)C2NC(Cl)=N1. The summed E-state index contributed by atoms with van der Waals surface area (Å²) in [5.74, 6) is -0.935. The zero-order valence-electron chi connectivity index (χ0n) is 12.5. The molecule has 0 spiro atoms. The van der Waals surface area contributed by atoms with Crippen LogP contribution in [0.1, 0.15) is 24.3 Å². The van der Waals surface area contributed by atoms with E-state index in [4.69, 9.17) is 11.6 Å². The van der Waals surface area contributed by atoms with Gasteiger partial charge in [-0.05, 0) is 41.6 Å². The van der Waals surface area contributed by atoms with Crippen LogP contribution >= 0.6 is 11.6 Å². The summed E-state index contributed by atoms with van der Waals surface area (Å²) in [6.45, 7) is 0. The highest BCUT2D eigenvalue weighted by molar-refractivity contribution is 6.65. The second kappa shape index (κ2) is 6.16. The maximum absolute atomic E-state index is 14.3. The number of hydrogen-bond donors (Lipinski definition) is 2. The fraction of sp³-hybridized carbons (Fsp3) is 0.400. The summed E-state index contributed by atoms with van der Waals surface area (Å²) in [5, 5.41) is 6.16. The third kappa shape index (κ3) is 3.28. The molecule has 2 aliphatic rings. The minimum Gasteiger partial charge on any atom is -0.406 e. The molecule has 9 heteroatoms. The number of nitrogens with zero attached hydrogens (tertiary/aromatic N) is 1. The van der Waals surface area contributed by atoms with Crippen LogP contribution in [0.25, 0.3) is 0 Å². The van der Waals surface area contributed by atoms with Gasteiger partial charge in [-0.3, -0.25) is 0 Å². The van der Waals surface area contributed by atoms with Gasteiger partial charge >= 0.3 is 6.36 Å². The van der Waals surface area contributed by atoms with Gasteiger partial charge in [-0.1, -0.05) is 6.07 Å². The van der Waals surface area contributed by atoms with E-state index >= 15 is 0 Å². The lowest BCUT2D eigenvalue weighted by molar-refractivity contribution is -0.274. The van der Waals surface area contributed by atoms with Crippen molar-refractivity contribution in [2.75, 3.05) is 7.05 Å². The molecule has 130 valence electrons. The number of halogens is 5. The van der Waals surface area contributed by atoms with Crippen LogP contribution in [0.4, 0.5) is 17.6 Å². The minimum atomic E-state index is -4.85. The van der Waals surface area contributed by atoms with E-state index in [0.29, 0.717) is 24.2 Å². The van der Waals surface area contributed by atoms with Gasteiger partial charge in [0.25, 0.3) is 0 Å². The molecular weight excluding hydrogens is 350 g/mol. The lowest BCUT2D eigenvalue weighted by Crippen LogP contribution is -2.39. The molecule has 1 saturated carbocycles. The fourth-order valence-corrected chi connectivity index (χ4v) is 3.42. The van der Waals surface area contributed by atoms with Gasteiger partial charge in [0, 0.05) is 19.0 Å². The van der Waals surface area contributed by atoms with Crippen LogP contribution in [0.3, 0.4) is 0 Å². The molecule has 3 rings (SSSR count). The van der Waals surface area contributed by atoms with Crippen molar-refractivity contribution in [3.63, 3.8) is 0 Å². The third-order valence-electron chi connectivity index (χ3n) is 4.13. The molecule has 2 atom stereocenters. The number of rotatable bonds is 3. The van der Waals surface area contributed by atoms with E-state index in [1.807, 2.05) is 0 Å². The van der Waals surface area contributed by atoms with Crippen molar-refractivity contribution in [2.24, 2.45) is 4.99 Å². The van der Waals surface area contributed by atoms with Crippen molar-refractivity contribution in [3.8, 4) is 5.75 Å². The summed E-state index contributed by atoms with van der Waals surface area (Å²) in [5.41, 5.74) is 1.29. The van der Waals surface area contributed by atoms with Crippen LogP contribution in [0.5, 0.6) is 5.75 Å². The molecule has 0 aromatic heterocycles. The van der Waals surface area contributed by atoms with Gasteiger partial charge < -0.3 is 15.4 Å². The molecule has 1 aliphatic carbocycles. The van der Waals surface area contributed by atoms with Crippen molar-refractivity contribution in [1.29, 1.82) is 0 Å². The van der Waals surface area contributed by atoms with Crippen LogP contribution in [0.15, 0.2) is 34.6 Å². The Labute approximate surface area is 140 Å². The highest BCUT2D eigenvalue weighted by Crippen LogP contribution is 2.42. The standard InChI is InChI=1S/C15H14ClF4N3O/c1-21-13-10-5-4-9(12(10)22-14(16)23-13)8-3-2-7(6-11(8)17)24-15(18,19)20/h2-3,6,9,12,21H,4-5H2,1H3,(H,22,23). The molecule has 1 aromatic rings. The summed E-state index contributed by atoms with van der Waals surface area (Å²) >= 11 is 5.97. The second-order valence-corrected chi connectivity index (χ2v) is 5.88. The molecule has 0 saturated heterocycles. The Hall–Kier alpha value is -1.96. The van der Waals surface area contributed by atoms with Gasteiger partial charge in [-0.15, -0.1) is 13.2 Å². The van der Waals surface area contributed by atoms with Crippen molar-refractivity contribution < 1.29 is 22.3 Å². The number of ether oxygens (including phenoxy) is 1. The zero-order valence-corrected chi connectivity index (χ0v) is 13.3. The van der Waals surface area contributed by atoms with E-state index in [1.54, 1.807) is 7.05 Å². The molecule has 1 aliphatic heterocycles. The quantitative estimate of drug-likeness (QED) is 0.637. The summed E-state index contributed by atoms with van der Waals surface area (Å²) in [6, 6.07) is 2.94. The number of nitrogens with one attached hydrogen (secondary N) is 2. The Morgan fingerprint density at radius 1 is 1.38 bits per heavy atom. The van der Waals surface area contributed by atoms with Crippen LogP contribution in [-0.2, 0) is 0 Å². The van der Waals surface area contributed by atoms with Crippen molar-refractivity contribution >= 4 is 16.9 Å². The Morgan fingerprint density at radius 3 is 2.75 bits per heavy atom. The number of alkyl halides is 3. The molecule has 1 aromatic carbocycles. The van der Waals surface area contributed by atoms with Crippen molar-refractivity contribution in [1.82, 2.24) is 10.6 Å². The molecule has 2 N–H and O–H groups in total. The fourth-order valence-electron chi connectivity index (χ4n) is 3.22. The Bertz CT molecular complexity index is 717. The molecule has 0 amide bonds. The molecule has 24 heavy (non-hydrogen) atoms. The highest BCUT2D eigenvalue weighted by Gasteiger charge is 2.39. The number of benzene rings is 1. The van der Waals surface area contributed by atoms with Gasteiger partial charge in [0.2, 0.25) is 0 Å². The van der Waals surface area contributed by atoms with E-state index in [-0.39, 0.29) is 17.3 Å². The number of amidine groups is 1. The molecule has 0 bridgehead atoms. The molecule has 4 nitrogen and oxygen atoms in total. The monoisotopic (exact) mass is 363 g/mol. The average molecular weight is 364 g/mol. The Morgan fingerprint density at radius 2 is 2.12 bits per heavy atom. The summed E-state index contributed by atoms with van der Waals surface area (Å²) in [4.78, 5) is 4.15. The first-order valence-electron chi connectivity index (χ1n) is 7.25. The smallest absolute Gasteiger partial charge is 0.406 e. The first kappa shape index (κ1) is 16.9. The molecule has 2 unspecified atom stereocenters. The first-order valence-corrected chi connectivity index (χ1v) is 7.63. The number of aliphatic imine (C=N–C) groups is 1. The maximum atomic E-state index is 14.3. The van der Waals surface area contributed by atoms with E-state index in [2.05, 4.69) is 20.4 Å². The van der Waals surface area contributed by atoms with Gasteiger partial charge in [0.15, 0.2) is 5.29 Å². The van der Waals surface area contributed by atoms with Crippen LogP contribution < -0.4 is 15.4 Å². The number of fused-ring (bicyclic) bond motifs is 1. The van der Waals surface area contributed by atoms with Gasteiger partial charge in [0.05, 0.1) is 6.04 Å². The number of hydrogen-bond acceptors (Lipinski definition) is 4. The van der Waals surface area contributed by atoms with Gasteiger partial charge in [-0.2, -0.15) is 0 Å². The van der Waals surface area contributed by atoms with Crippen molar-refractivity contribution in [3.05, 3.63) is 41.0 Å². The molecule has 1 fully saturated rings. The zero-order chi connectivity index (χ0) is 17.5. The normalized spacial score (nSPS) is 23.5.